The lowest BCUT2D eigenvalue weighted by Crippen LogP contribution is -2.60. The van der Waals surface area contributed by atoms with E-state index >= 15 is 0 Å². The molecule has 1 aliphatic heterocycles. The molecule has 14 atom stereocenters. The Morgan fingerprint density at radius 1 is 0.790 bits per heavy atom. The number of fused-ring (bicyclic) bond motifs is 5. The predicted octanol–water partition coefficient (Wildman–Crippen LogP) is 13.0. The van der Waals surface area contributed by atoms with E-state index in [1.165, 1.54) is 115 Å². The van der Waals surface area contributed by atoms with E-state index in [1.807, 2.05) is 0 Å². The number of esters is 1. The minimum Gasteiger partial charge on any atom is -0.463 e. The summed E-state index contributed by atoms with van der Waals surface area (Å²) in [6.45, 7) is 16.7. The number of unbranched alkanes of at least 4 members (excludes halogenated alkanes) is 13. The number of aliphatic hydroxyl groups excluding tert-OH is 3. The first-order chi connectivity index (χ1) is 29.8. The van der Waals surface area contributed by atoms with Gasteiger partial charge in [0, 0.05) is 6.42 Å². The van der Waals surface area contributed by atoms with Gasteiger partial charge in [0.15, 0.2) is 6.29 Å². The lowest BCUT2D eigenvalue weighted by Gasteiger charge is -2.58. The second-order valence-corrected chi connectivity index (χ2v) is 21.8. The van der Waals surface area contributed by atoms with E-state index in [4.69, 9.17) is 14.2 Å². The molecule has 0 radical (unpaired) electrons. The van der Waals surface area contributed by atoms with Gasteiger partial charge in [-0.2, -0.15) is 0 Å². The van der Waals surface area contributed by atoms with Crippen molar-refractivity contribution in [3.8, 4) is 0 Å². The number of carbonyl (C=O) groups is 1. The molecule has 356 valence electrons. The van der Waals surface area contributed by atoms with Crippen LogP contribution in [0.25, 0.3) is 0 Å². The fourth-order valence-electron chi connectivity index (χ4n) is 13.2. The first kappa shape index (κ1) is 51.5. The van der Waals surface area contributed by atoms with Crippen LogP contribution in [0.5, 0.6) is 0 Å². The highest BCUT2D eigenvalue weighted by Gasteiger charge is 2.59. The van der Waals surface area contributed by atoms with Crippen molar-refractivity contribution in [2.24, 2.45) is 52.3 Å². The standard InChI is InChI=1S/C55H94O7/c1-8-10-11-12-13-14-15-16-17-18-19-20-21-22-23-24-25-26-49(56)60-38-48-50(57)51(58)52(59)53(62-48)61-43-33-35-54(6)42(37-43)29-30-44-46-32-31-45(55(46,7)36-34-47(44)54)40(5)27-28-41(9-2)39(3)4/h16-17,27-29,39-41,43-48,50-53,57-59H,8-15,18-26,30-38H2,1-7H3/b17-16-,28-27+/t40-,41-,43+,44+,45-,46+,47+,48?,50-,51?,52?,53-,54+,55-/m1/s1. The Bertz CT molecular complexity index is 1410. The molecule has 0 amide bonds. The molecule has 62 heavy (non-hydrogen) atoms. The van der Waals surface area contributed by atoms with Gasteiger partial charge in [0.25, 0.3) is 0 Å². The first-order valence-electron chi connectivity index (χ1n) is 26.4. The van der Waals surface area contributed by atoms with Gasteiger partial charge in [0.05, 0.1) is 6.10 Å². The van der Waals surface area contributed by atoms with Crippen LogP contribution in [-0.2, 0) is 19.0 Å². The quantitative estimate of drug-likeness (QED) is 0.0452. The molecule has 0 aromatic heterocycles. The average molecular weight is 867 g/mol. The molecule has 0 aromatic rings. The molecule has 3 saturated carbocycles. The molecule has 1 saturated heterocycles. The number of rotatable bonds is 26. The Morgan fingerprint density at radius 2 is 1.45 bits per heavy atom. The smallest absolute Gasteiger partial charge is 0.305 e. The van der Waals surface area contributed by atoms with Crippen molar-refractivity contribution in [3.63, 3.8) is 0 Å². The van der Waals surface area contributed by atoms with Gasteiger partial charge in [-0.1, -0.05) is 149 Å². The number of allylic oxidation sites excluding steroid dienone is 5. The number of aliphatic hydroxyl groups is 3. The Kier molecular flexibility index (Phi) is 21.1. The predicted molar refractivity (Wildman–Crippen MR) is 253 cm³/mol. The van der Waals surface area contributed by atoms with Gasteiger partial charge in [0.1, 0.15) is 31.0 Å². The summed E-state index contributed by atoms with van der Waals surface area (Å²) in [5, 5.41) is 32.6. The van der Waals surface area contributed by atoms with Crippen LogP contribution in [0, 0.1) is 52.3 Å². The third-order valence-corrected chi connectivity index (χ3v) is 17.3. The highest BCUT2D eigenvalue weighted by molar-refractivity contribution is 5.69. The van der Waals surface area contributed by atoms with Crippen molar-refractivity contribution < 1.29 is 34.3 Å². The summed E-state index contributed by atoms with van der Waals surface area (Å²) >= 11 is 0. The van der Waals surface area contributed by atoms with Crippen molar-refractivity contribution in [1.82, 2.24) is 0 Å². The minimum atomic E-state index is -1.45. The summed E-state index contributed by atoms with van der Waals surface area (Å²) in [7, 11) is 0. The van der Waals surface area contributed by atoms with Gasteiger partial charge < -0.3 is 29.5 Å². The van der Waals surface area contributed by atoms with E-state index in [9.17, 15) is 20.1 Å². The molecule has 4 fully saturated rings. The normalized spacial score (nSPS) is 35.8. The third-order valence-electron chi connectivity index (χ3n) is 17.3. The largest absolute Gasteiger partial charge is 0.463 e. The average Bonchev–Trinajstić information content (AvgIpc) is 3.62. The van der Waals surface area contributed by atoms with Gasteiger partial charge >= 0.3 is 5.97 Å². The molecule has 1 heterocycles. The maximum Gasteiger partial charge on any atom is 0.305 e. The Morgan fingerprint density at radius 3 is 2.11 bits per heavy atom. The van der Waals surface area contributed by atoms with Crippen LogP contribution in [0.2, 0.25) is 0 Å². The first-order valence-corrected chi connectivity index (χ1v) is 26.4. The van der Waals surface area contributed by atoms with E-state index in [0.29, 0.717) is 35.5 Å². The molecule has 7 nitrogen and oxygen atoms in total. The van der Waals surface area contributed by atoms with Crippen molar-refractivity contribution >= 4 is 5.97 Å². The van der Waals surface area contributed by atoms with Crippen molar-refractivity contribution in [1.29, 1.82) is 0 Å². The molecule has 7 heteroatoms. The molecule has 5 aliphatic rings. The second-order valence-electron chi connectivity index (χ2n) is 21.8. The maximum atomic E-state index is 12.6. The van der Waals surface area contributed by atoms with Crippen LogP contribution in [0.15, 0.2) is 36.0 Å². The van der Waals surface area contributed by atoms with E-state index < -0.39 is 30.7 Å². The zero-order valence-electron chi connectivity index (χ0n) is 40.8. The maximum absolute atomic E-state index is 12.6. The van der Waals surface area contributed by atoms with Gasteiger partial charge in [-0.3, -0.25) is 4.79 Å². The molecule has 3 unspecified atom stereocenters. The van der Waals surface area contributed by atoms with Crippen LogP contribution in [0.4, 0.5) is 0 Å². The Hall–Kier alpha value is -1.51. The summed E-state index contributed by atoms with van der Waals surface area (Å²) in [5.41, 5.74) is 2.05. The summed E-state index contributed by atoms with van der Waals surface area (Å²) in [5.74, 6) is 4.60. The fraction of sp³-hybridized carbons (Fsp3) is 0.873. The molecule has 0 spiro atoms. The van der Waals surface area contributed by atoms with Crippen molar-refractivity contribution in [2.75, 3.05) is 6.61 Å². The third kappa shape index (κ3) is 13.5. The number of hydrogen-bond donors (Lipinski definition) is 3. The highest BCUT2D eigenvalue weighted by atomic mass is 16.7. The monoisotopic (exact) mass is 867 g/mol. The van der Waals surface area contributed by atoms with Crippen molar-refractivity contribution in [2.45, 2.75) is 246 Å². The summed E-state index contributed by atoms with van der Waals surface area (Å²) < 4.78 is 18.1. The summed E-state index contributed by atoms with van der Waals surface area (Å²) in [4.78, 5) is 12.6. The summed E-state index contributed by atoms with van der Waals surface area (Å²) in [6, 6.07) is 0. The Balaban J connectivity index is 1.000. The van der Waals surface area contributed by atoms with E-state index in [2.05, 4.69) is 78.8 Å². The van der Waals surface area contributed by atoms with Crippen LogP contribution in [0.1, 0.15) is 209 Å². The van der Waals surface area contributed by atoms with Crippen LogP contribution in [0.3, 0.4) is 0 Å². The number of carbonyl (C=O) groups excluding carboxylic acids is 1. The zero-order chi connectivity index (χ0) is 44.7. The van der Waals surface area contributed by atoms with Gasteiger partial charge in [-0.25, -0.2) is 0 Å². The van der Waals surface area contributed by atoms with Gasteiger partial charge in [0.2, 0.25) is 0 Å². The molecule has 4 aliphatic carbocycles. The SMILES string of the molecule is CCCCCCCC/C=C\CCCCCCCCCC(=O)OCC1O[C@@H](O[C@H]2CC[C@@]3(C)C(=CC[C@H]4[C@@H]5CC[C@H]([C@H](C)/C=C/[C@@H](CC)C(C)C)[C@@]5(C)CC[C@@H]43)C2)C(O)C(O)[C@@H]1O. The van der Waals surface area contributed by atoms with Gasteiger partial charge in [-0.05, 0) is 142 Å². The fourth-order valence-corrected chi connectivity index (χ4v) is 13.2. The topological polar surface area (TPSA) is 105 Å². The lowest BCUT2D eigenvalue weighted by molar-refractivity contribution is -0.313. The molecule has 0 bridgehead atoms. The summed E-state index contributed by atoms with van der Waals surface area (Å²) in [6.07, 6.45) is 35.0. The Labute approximate surface area is 379 Å². The number of hydrogen-bond acceptors (Lipinski definition) is 7. The molecular weight excluding hydrogens is 773 g/mol. The second kappa shape index (κ2) is 25.4. The van der Waals surface area contributed by atoms with E-state index in [-0.39, 0.29) is 24.1 Å². The minimum absolute atomic E-state index is 0.150. The van der Waals surface area contributed by atoms with Crippen LogP contribution < -0.4 is 0 Å². The van der Waals surface area contributed by atoms with Gasteiger partial charge in [-0.15, -0.1) is 0 Å². The zero-order valence-corrected chi connectivity index (χ0v) is 40.8. The highest BCUT2D eigenvalue weighted by Crippen LogP contribution is 2.67. The molecule has 0 aromatic carbocycles. The van der Waals surface area contributed by atoms with E-state index in [0.717, 1.165) is 62.7 Å². The van der Waals surface area contributed by atoms with Crippen LogP contribution in [-0.4, -0.2) is 64.7 Å². The van der Waals surface area contributed by atoms with Crippen molar-refractivity contribution in [3.05, 3.63) is 36.0 Å². The molecular formula is C55H94O7. The molecule has 5 rings (SSSR count). The van der Waals surface area contributed by atoms with E-state index in [1.54, 1.807) is 0 Å². The number of ether oxygens (including phenoxy) is 3. The van der Waals surface area contributed by atoms with Crippen LogP contribution >= 0.6 is 0 Å². The molecule has 3 N–H and O–H groups in total. The lowest BCUT2D eigenvalue weighted by atomic mass is 9.47.